The van der Waals surface area contributed by atoms with E-state index in [0.29, 0.717) is 25.3 Å². The summed E-state index contributed by atoms with van der Waals surface area (Å²) < 4.78 is 7.43. The van der Waals surface area contributed by atoms with Gasteiger partial charge in [0, 0.05) is 29.6 Å². The van der Waals surface area contributed by atoms with Gasteiger partial charge in [0.15, 0.2) is 5.82 Å². The van der Waals surface area contributed by atoms with Gasteiger partial charge < -0.3 is 14.8 Å². The third-order valence-electron chi connectivity index (χ3n) is 5.38. The van der Waals surface area contributed by atoms with Crippen LogP contribution in [0.25, 0.3) is 10.9 Å². The molecule has 2 N–H and O–H groups in total. The number of hydrogen-bond donors (Lipinski definition) is 2. The molecule has 9 heteroatoms. The molecule has 0 unspecified atom stereocenters. The third kappa shape index (κ3) is 5.16. The second-order valence-electron chi connectivity index (χ2n) is 9.31. The van der Waals surface area contributed by atoms with Crippen LogP contribution in [0.2, 0.25) is 0 Å². The van der Waals surface area contributed by atoms with E-state index >= 15 is 0 Å². The Hall–Kier alpha value is -2.78. The van der Waals surface area contributed by atoms with Crippen molar-refractivity contribution in [3.05, 3.63) is 46.0 Å². The number of fused-ring (bicyclic) bond motifs is 1. The van der Waals surface area contributed by atoms with Gasteiger partial charge in [0.05, 0.1) is 24.8 Å². The number of ether oxygens (including phenoxy) is 1. The number of tetrazole rings is 1. The van der Waals surface area contributed by atoms with Crippen LogP contribution in [0.1, 0.15) is 59.0 Å². The number of H-pyrrole nitrogens is 1. The van der Waals surface area contributed by atoms with Crippen molar-refractivity contribution < 1.29 is 9.84 Å². The van der Waals surface area contributed by atoms with Crippen molar-refractivity contribution in [3.63, 3.8) is 0 Å². The van der Waals surface area contributed by atoms with Crippen LogP contribution >= 0.6 is 0 Å². The van der Waals surface area contributed by atoms with Crippen LogP contribution in [0.4, 0.5) is 0 Å². The molecule has 0 aliphatic heterocycles. The molecule has 9 nitrogen and oxygen atoms in total. The van der Waals surface area contributed by atoms with Crippen molar-refractivity contribution in [1.82, 2.24) is 30.1 Å². The molecule has 0 saturated carbocycles. The molecule has 1 aromatic carbocycles. The Labute approximate surface area is 188 Å². The van der Waals surface area contributed by atoms with Crippen LogP contribution in [-0.2, 0) is 12.1 Å². The summed E-state index contributed by atoms with van der Waals surface area (Å²) in [5.74, 6) is 1.63. The van der Waals surface area contributed by atoms with Crippen molar-refractivity contribution >= 4 is 10.9 Å². The highest BCUT2D eigenvalue weighted by atomic mass is 16.5. The lowest BCUT2D eigenvalue weighted by Gasteiger charge is -2.34. The number of nitrogens with one attached hydrogen (secondary N) is 1. The summed E-state index contributed by atoms with van der Waals surface area (Å²) in [6.45, 7) is 13.5. The largest absolute Gasteiger partial charge is 0.494 e. The molecule has 2 aromatic heterocycles. The Morgan fingerprint density at radius 3 is 2.62 bits per heavy atom. The Morgan fingerprint density at radius 1 is 1.25 bits per heavy atom. The quantitative estimate of drug-likeness (QED) is 0.524. The van der Waals surface area contributed by atoms with Crippen LogP contribution in [0, 0.1) is 5.92 Å². The van der Waals surface area contributed by atoms with Crippen LogP contribution in [-0.4, -0.2) is 55.0 Å². The van der Waals surface area contributed by atoms with Gasteiger partial charge >= 0.3 is 0 Å². The normalized spacial score (nSPS) is 13.3. The molecule has 0 aliphatic carbocycles. The summed E-state index contributed by atoms with van der Waals surface area (Å²) in [7, 11) is 0. The number of aliphatic hydroxyl groups excluding tert-OH is 1. The molecule has 32 heavy (non-hydrogen) atoms. The monoisotopic (exact) mass is 442 g/mol. The number of hydrogen-bond acceptors (Lipinski definition) is 7. The molecular weight excluding hydrogens is 408 g/mol. The predicted molar refractivity (Wildman–Crippen MR) is 124 cm³/mol. The Balaban J connectivity index is 2.02. The van der Waals surface area contributed by atoms with Gasteiger partial charge in [-0.15, -0.1) is 5.10 Å². The lowest BCUT2D eigenvalue weighted by Crippen LogP contribution is -2.39. The average Bonchev–Trinajstić information content (AvgIpc) is 3.19. The molecule has 0 spiro atoms. The van der Waals surface area contributed by atoms with Crippen molar-refractivity contribution in [3.8, 4) is 5.75 Å². The summed E-state index contributed by atoms with van der Waals surface area (Å²) >= 11 is 0. The number of aliphatic hydroxyl groups is 1. The van der Waals surface area contributed by atoms with E-state index < -0.39 is 0 Å². The van der Waals surface area contributed by atoms with Crippen LogP contribution in [0.5, 0.6) is 5.75 Å². The first kappa shape index (κ1) is 23.9. The highest BCUT2D eigenvalue weighted by Gasteiger charge is 2.32. The predicted octanol–water partition coefficient (Wildman–Crippen LogP) is 2.86. The van der Waals surface area contributed by atoms with E-state index in [9.17, 15) is 9.90 Å². The number of nitrogens with zero attached hydrogens (tertiary/aromatic N) is 5. The smallest absolute Gasteiger partial charge is 0.252 e. The van der Waals surface area contributed by atoms with Gasteiger partial charge in [-0.05, 0) is 68.3 Å². The second-order valence-corrected chi connectivity index (χ2v) is 9.31. The molecule has 1 atom stereocenters. The SMILES string of the molecule is CCOc1ccc2[nH]c(=O)c(CN(CCO)[C@H](c3nnnn3C(C)(C)C)C(C)C)cc2c1. The molecule has 0 radical (unpaired) electrons. The highest BCUT2D eigenvalue weighted by molar-refractivity contribution is 5.80. The summed E-state index contributed by atoms with van der Waals surface area (Å²) in [6, 6.07) is 7.34. The number of benzene rings is 1. The number of pyridine rings is 1. The Bertz CT molecular complexity index is 1100. The van der Waals surface area contributed by atoms with E-state index in [4.69, 9.17) is 4.74 Å². The fourth-order valence-electron chi connectivity index (χ4n) is 4.01. The first-order valence-electron chi connectivity index (χ1n) is 11.1. The molecule has 0 bridgehead atoms. The molecule has 3 rings (SSSR count). The van der Waals surface area contributed by atoms with Gasteiger partial charge in [-0.25, -0.2) is 4.68 Å². The maximum absolute atomic E-state index is 12.9. The van der Waals surface area contributed by atoms with Crippen molar-refractivity contribution in [2.24, 2.45) is 5.92 Å². The highest BCUT2D eigenvalue weighted by Crippen LogP contribution is 2.30. The number of aromatic nitrogens is 5. The molecule has 0 aliphatic rings. The summed E-state index contributed by atoms with van der Waals surface area (Å²) in [4.78, 5) is 17.9. The van der Waals surface area contributed by atoms with Crippen molar-refractivity contribution in [2.45, 2.75) is 59.7 Å². The van der Waals surface area contributed by atoms with Crippen molar-refractivity contribution in [1.29, 1.82) is 0 Å². The average molecular weight is 443 g/mol. The third-order valence-corrected chi connectivity index (χ3v) is 5.38. The van der Waals surface area contributed by atoms with Gasteiger partial charge in [0.25, 0.3) is 5.56 Å². The van der Waals surface area contributed by atoms with Gasteiger partial charge in [0.1, 0.15) is 5.75 Å². The zero-order valence-corrected chi connectivity index (χ0v) is 19.8. The van der Waals surface area contributed by atoms with E-state index in [1.54, 1.807) is 0 Å². The zero-order chi connectivity index (χ0) is 23.5. The minimum Gasteiger partial charge on any atom is -0.494 e. The van der Waals surface area contributed by atoms with Gasteiger partial charge in [0.2, 0.25) is 0 Å². The standard InChI is InChI=1S/C23H34N6O3/c1-7-32-18-8-9-19-16(13-18)12-17(22(31)24-19)14-28(10-11-30)20(15(2)3)21-25-26-27-29(21)23(4,5)6/h8-9,12-13,15,20,30H,7,10-11,14H2,1-6H3,(H,24,31)/t20-/m0/s1. The molecule has 174 valence electrons. The first-order chi connectivity index (χ1) is 15.2. The van der Waals surface area contributed by atoms with Crippen LogP contribution < -0.4 is 10.3 Å². The molecule has 0 amide bonds. The summed E-state index contributed by atoms with van der Waals surface area (Å²) in [5.41, 5.74) is 0.919. The van der Waals surface area contributed by atoms with Gasteiger partial charge in [-0.1, -0.05) is 13.8 Å². The first-order valence-corrected chi connectivity index (χ1v) is 11.1. The Morgan fingerprint density at radius 2 is 2.00 bits per heavy atom. The molecule has 0 saturated heterocycles. The maximum Gasteiger partial charge on any atom is 0.252 e. The summed E-state index contributed by atoms with van der Waals surface area (Å²) in [5, 5.41) is 23.2. The maximum atomic E-state index is 12.9. The minimum atomic E-state index is -0.299. The van der Waals surface area contributed by atoms with Crippen LogP contribution in [0.15, 0.2) is 29.1 Å². The lowest BCUT2D eigenvalue weighted by atomic mass is 9.99. The van der Waals surface area contributed by atoms with E-state index in [1.165, 1.54) is 0 Å². The fourth-order valence-corrected chi connectivity index (χ4v) is 4.01. The molecule has 0 fully saturated rings. The van der Waals surface area contributed by atoms with Gasteiger partial charge in [-0.2, -0.15) is 0 Å². The number of rotatable bonds is 9. The number of aromatic amines is 1. The second kappa shape index (κ2) is 9.79. The topological polar surface area (TPSA) is 109 Å². The minimum absolute atomic E-state index is 0.0414. The Kier molecular flexibility index (Phi) is 7.30. The van der Waals surface area contributed by atoms with Gasteiger partial charge in [-0.3, -0.25) is 9.69 Å². The van der Waals surface area contributed by atoms with E-state index in [-0.39, 0.29) is 29.7 Å². The van der Waals surface area contributed by atoms with E-state index in [0.717, 1.165) is 22.5 Å². The molecule has 3 aromatic rings. The van der Waals surface area contributed by atoms with Crippen molar-refractivity contribution in [2.75, 3.05) is 19.8 Å². The zero-order valence-electron chi connectivity index (χ0n) is 19.8. The van der Waals surface area contributed by atoms with E-state index in [2.05, 4.69) is 39.3 Å². The van der Waals surface area contributed by atoms with E-state index in [1.807, 2.05) is 56.6 Å². The fraction of sp³-hybridized carbons (Fsp3) is 0.565. The molecule has 2 heterocycles. The molecular formula is C23H34N6O3. The summed E-state index contributed by atoms with van der Waals surface area (Å²) in [6.07, 6.45) is 0. The lowest BCUT2D eigenvalue weighted by molar-refractivity contribution is 0.101. The van der Waals surface area contributed by atoms with Crippen LogP contribution in [0.3, 0.4) is 0 Å².